The van der Waals surface area contributed by atoms with Crippen LogP contribution in [0.3, 0.4) is 0 Å². The summed E-state index contributed by atoms with van der Waals surface area (Å²) in [4.78, 5) is 30.7. The first-order valence-electron chi connectivity index (χ1n) is 9.57. The molecule has 7 heteroatoms. The van der Waals surface area contributed by atoms with Gasteiger partial charge in [0.2, 0.25) is 0 Å². The van der Waals surface area contributed by atoms with Gasteiger partial charge in [-0.15, -0.1) is 11.3 Å². The Kier molecular flexibility index (Phi) is 4.72. The molecule has 1 aromatic carbocycles. The third kappa shape index (κ3) is 3.35. The number of aromatic nitrogens is 2. The smallest absolute Gasteiger partial charge is 0.263 e. The minimum absolute atomic E-state index is 0.195. The molecular weight excluding hydrogens is 410 g/mol. The van der Waals surface area contributed by atoms with E-state index in [2.05, 4.69) is 10.3 Å². The SMILES string of the molecule is COc1cccc(-c2cc(C(=O)Nc3ccncc3)c3c4sccc4ccn3c2=O)c1. The highest BCUT2D eigenvalue weighted by atomic mass is 32.1. The predicted molar refractivity (Wildman–Crippen MR) is 123 cm³/mol. The van der Waals surface area contributed by atoms with E-state index in [-0.39, 0.29) is 11.5 Å². The van der Waals surface area contributed by atoms with Crippen molar-refractivity contribution in [3.05, 3.63) is 94.5 Å². The molecule has 0 aliphatic rings. The van der Waals surface area contributed by atoms with Crippen LogP contribution in [0.2, 0.25) is 0 Å². The number of methoxy groups -OCH3 is 1. The molecule has 0 aliphatic carbocycles. The van der Waals surface area contributed by atoms with Crippen LogP contribution >= 0.6 is 11.3 Å². The number of hydrogen-bond donors (Lipinski definition) is 1. The molecule has 0 bridgehead atoms. The summed E-state index contributed by atoms with van der Waals surface area (Å²) in [5.74, 6) is 0.340. The summed E-state index contributed by atoms with van der Waals surface area (Å²) >= 11 is 1.50. The molecular formula is C24H17N3O3S. The number of anilines is 1. The first-order chi connectivity index (χ1) is 15.2. The summed E-state index contributed by atoms with van der Waals surface area (Å²) < 4.78 is 7.75. The number of nitrogens with zero attached hydrogens (tertiary/aromatic N) is 2. The lowest BCUT2D eigenvalue weighted by atomic mass is 10.0. The molecule has 1 N–H and O–H groups in total. The number of hydrogen-bond acceptors (Lipinski definition) is 5. The van der Waals surface area contributed by atoms with Crippen molar-refractivity contribution in [1.29, 1.82) is 0 Å². The minimum Gasteiger partial charge on any atom is -0.497 e. The van der Waals surface area contributed by atoms with Crippen LogP contribution in [0.5, 0.6) is 5.75 Å². The van der Waals surface area contributed by atoms with E-state index in [1.807, 2.05) is 35.7 Å². The molecule has 0 unspecified atom stereocenters. The van der Waals surface area contributed by atoms with Crippen molar-refractivity contribution in [1.82, 2.24) is 9.38 Å². The zero-order chi connectivity index (χ0) is 21.4. The maximum Gasteiger partial charge on any atom is 0.263 e. The largest absolute Gasteiger partial charge is 0.497 e. The topological polar surface area (TPSA) is 72.7 Å². The van der Waals surface area contributed by atoms with Crippen molar-refractivity contribution in [3.63, 3.8) is 0 Å². The number of amides is 1. The van der Waals surface area contributed by atoms with E-state index in [0.29, 0.717) is 33.6 Å². The van der Waals surface area contributed by atoms with Gasteiger partial charge in [0.1, 0.15) is 5.75 Å². The Morgan fingerprint density at radius 2 is 1.94 bits per heavy atom. The van der Waals surface area contributed by atoms with Gasteiger partial charge in [0, 0.05) is 29.8 Å². The lowest BCUT2D eigenvalue weighted by Crippen LogP contribution is -2.21. The number of carbonyl (C=O) groups is 1. The number of pyridine rings is 3. The van der Waals surface area contributed by atoms with E-state index in [1.165, 1.54) is 11.3 Å². The molecule has 152 valence electrons. The maximum atomic E-state index is 13.4. The van der Waals surface area contributed by atoms with Crippen molar-refractivity contribution in [3.8, 4) is 16.9 Å². The third-order valence-corrected chi connectivity index (χ3v) is 6.05. The Bertz CT molecular complexity index is 1490. The molecule has 4 aromatic heterocycles. The number of fused-ring (bicyclic) bond motifs is 3. The Morgan fingerprint density at radius 1 is 1.10 bits per heavy atom. The fourth-order valence-electron chi connectivity index (χ4n) is 3.61. The fourth-order valence-corrected chi connectivity index (χ4v) is 4.55. The van der Waals surface area contributed by atoms with Crippen LogP contribution in [-0.2, 0) is 0 Å². The predicted octanol–water partition coefficient (Wildman–Crippen LogP) is 4.84. The molecule has 1 amide bonds. The van der Waals surface area contributed by atoms with Crippen molar-refractivity contribution < 1.29 is 9.53 Å². The average molecular weight is 427 g/mol. The molecule has 4 heterocycles. The highest BCUT2D eigenvalue weighted by molar-refractivity contribution is 7.18. The summed E-state index contributed by atoms with van der Waals surface area (Å²) in [6, 6.07) is 16.2. The number of nitrogens with one attached hydrogen (secondary N) is 1. The van der Waals surface area contributed by atoms with Crippen molar-refractivity contribution in [2.24, 2.45) is 0 Å². The standard InChI is InChI=1S/C24H17N3O3S/c1-30-18-4-2-3-16(13-18)19-14-20(23(28)26-17-5-9-25-10-6-17)21-22-15(8-12-31-22)7-11-27(21)24(19)29/h2-14H,1H3,(H,25,26,28). The van der Waals surface area contributed by atoms with E-state index >= 15 is 0 Å². The molecule has 0 aliphatic heterocycles. The van der Waals surface area contributed by atoms with E-state index in [1.54, 1.807) is 54.4 Å². The fraction of sp³-hybridized carbons (Fsp3) is 0.0417. The summed E-state index contributed by atoms with van der Waals surface area (Å²) in [5.41, 5.74) is 2.55. The van der Waals surface area contributed by atoms with Gasteiger partial charge in [-0.25, -0.2) is 0 Å². The lowest BCUT2D eigenvalue weighted by Gasteiger charge is -2.13. The average Bonchev–Trinajstić information content (AvgIpc) is 3.29. The van der Waals surface area contributed by atoms with Crippen LogP contribution in [0, 0.1) is 0 Å². The third-order valence-electron chi connectivity index (χ3n) is 5.11. The van der Waals surface area contributed by atoms with Gasteiger partial charge in [-0.2, -0.15) is 0 Å². The van der Waals surface area contributed by atoms with Crippen LogP contribution in [0.25, 0.3) is 26.7 Å². The Hall–Kier alpha value is -3.97. The van der Waals surface area contributed by atoms with Crippen LogP contribution in [0.4, 0.5) is 5.69 Å². The van der Waals surface area contributed by atoms with Gasteiger partial charge in [0.15, 0.2) is 0 Å². The van der Waals surface area contributed by atoms with Crippen LogP contribution in [0.1, 0.15) is 10.4 Å². The molecule has 0 spiro atoms. The number of ether oxygens (including phenoxy) is 1. The first kappa shape index (κ1) is 19.0. The van der Waals surface area contributed by atoms with Crippen LogP contribution in [0.15, 0.2) is 83.4 Å². The van der Waals surface area contributed by atoms with Gasteiger partial charge in [-0.05, 0) is 58.8 Å². The Morgan fingerprint density at radius 3 is 2.74 bits per heavy atom. The number of carbonyl (C=O) groups excluding carboxylic acids is 1. The van der Waals surface area contributed by atoms with Crippen molar-refractivity contribution in [2.75, 3.05) is 12.4 Å². The zero-order valence-corrected chi connectivity index (χ0v) is 17.3. The van der Waals surface area contributed by atoms with Gasteiger partial charge >= 0.3 is 0 Å². The molecule has 0 atom stereocenters. The number of rotatable bonds is 4. The quantitative estimate of drug-likeness (QED) is 0.446. The molecule has 5 rings (SSSR count). The lowest BCUT2D eigenvalue weighted by molar-refractivity contribution is 0.102. The molecule has 5 aromatic rings. The Labute approximate surface area is 181 Å². The number of thiophene rings is 1. The highest BCUT2D eigenvalue weighted by Gasteiger charge is 2.19. The van der Waals surface area contributed by atoms with Gasteiger partial charge < -0.3 is 10.1 Å². The molecule has 31 heavy (non-hydrogen) atoms. The molecule has 0 saturated carbocycles. The second-order valence-electron chi connectivity index (χ2n) is 6.94. The molecule has 0 radical (unpaired) electrons. The summed E-state index contributed by atoms with van der Waals surface area (Å²) in [7, 11) is 1.58. The van der Waals surface area contributed by atoms with Crippen molar-refractivity contribution in [2.45, 2.75) is 0 Å². The number of benzene rings is 1. The highest BCUT2D eigenvalue weighted by Crippen LogP contribution is 2.30. The molecule has 0 saturated heterocycles. The van der Waals surface area contributed by atoms with E-state index in [4.69, 9.17) is 4.74 Å². The normalized spacial score (nSPS) is 11.0. The van der Waals surface area contributed by atoms with Gasteiger partial charge in [-0.1, -0.05) is 12.1 Å². The minimum atomic E-state index is -0.297. The van der Waals surface area contributed by atoms with Crippen LogP contribution < -0.4 is 15.6 Å². The summed E-state index contributed by atoms with van der Waals surface area (Å²) in [5, 5.41) is 5.85. The van der Waals surface area contributed by atoms with E-state index in [9.17, 15) is 9.59 Å². The monoisotopic (exact) mass is 427 g/mol. The van der Waals surface area contributed by atoms with E-state index < -0.39 is 0 Å². The molecule has 0 fully saturated rings. The van der Waals surface area contributed by atoms with Gasteiger partial charge in [-0.3, -0.25) is 19.0 Å². The maximum absolute atomic E-state index is 13.4. The first-order valence-corrected chi connectivity index (χ1v) is 10.4. The van der Waals surface area contributed by atoms with E-state index in [0.717, 1.165) is 10.1 Å². The van der Waals surface area contributed by atoms with Gasteiger partial charge in [0.25, 0.3) is 11.5 Å². The van der Waals surface area contributed by atoms with Crippen LogP contribution in [-0.4, -0.2) is 22.4 Å². The summed E-state index contributed by atoms with van der Waals surface area (Å²) in [6.07, 6.45) is 4.95. The molecule has 6 nitrogen and oxygen atoms in total. The second-order valence-corrected chi connectivity index (χ2v) is 7.85. The Balaban J connectivity index is 1.78. The summed E-state index contributed by atoms with van der Waals surface area (Å²) in [6.45, 7) is 0. The van der Waals surface area contributed by atoms with Gasteiger partial charge in [0.05, 0.1) is 22.9 Å². The second kappa shape index (κ2) is 7.70. The van der Waals surface area contributed by atoms with Crippen molar-refractivity contribution >= 4 is 38.5 Å². The zero-order valence-electron chi connectivity index (χ0n) is 16.5.